The molecule has 0 aliphatic carbocycles. The normalized spacial score (nSPS) is 10.1. The fourth-order valence-corrected chi connectivity index (χ4v) is 2.27. The van der Waals surface area contributed by atoms with Gasteiger partial charge in [0, 0.05) is 11.4 Å². The van der Waals surface area contributed by atoms with Crippen LogP contribution in [0.1, 0.15) is 0 Å². The van der Waals surface area contributed by atoms with Gasteiger partial charge in [-0.2, -0.15) is 4.98 Å². The number of hydrogen-bond donors (Lipinski definition) is 2. The lowest BCUT2D eigenvalue weighted by atomic mass is 10.3. The first kappa shape index (κ1) is 12.8. The highest BCUT2D eigenvalue weighted by atomic mass is 79.9. The Hall–Kier alpha value is -1.67. The van der Waals surface area contributed by atoms with Gasteiger partial charge in [-0.1, -0.05) is 11.3 Å². The van der Waals surface area contributed by atoms with Crippen LogP contribution in [0, 0.1) is 5.82 Å². The molecule has 0 saturated carbocycles. The Morgan fingerprint density at radius 3 is 2.89 bits per heavy atom. The van der Waals surface area contributed by atoms with Crippen molar-refractivity contribution in [1.82, 2.24) is 4.98 Å². The highest BCUT2D eigenvalue weighted by molar-refractivity contribution is 9.10. The van der Waals surface area contributed by atoms with Gasteiger partial charge in [0.2, 0.25) is 0 Å². The predicted octanol–water partition coefficient (Wildman–Crippen LogP) is 3.93. The summed E-state index contributed by atoms with van der Waals surface area (Å²) in [5.74, 6) is -0.476. The average molecular weight is 333 g/mol. The van der Waals surface area contributed by atoms with E-state index in [9.17, 15) is 9.18 Å². The number of ether oxygens (including phenoxy) is 1. The number of carboxylic acid groups (broad SMARTS) is 1. The molecule has 0 unspecified atom stereocenters. The number of nitrogens with zero attached hydrogens (tertiary/aromatic N) is 1. The van der Waals surface area contributed by atoms with Crippen LogP contribution in [0.4, 0.5) is 14.9 Å². The SMILES string of the molecule is O=C(O)Nc1ccc(Oc2nc(Br)cs2)cc1F. The van der Waals surface area contributed by atoms with E-state index in [1.165, 1.54) is 23.5 Å². The van der Waals surface area contributed by atoms with Crippen LogP contribution in [0.5, 0.6) is 10.9 Å². The van der Waals surface area contributed by atoms with Crippen LogP contribution in [-0.2, 0) is 0 Å². The van der Waals surface area contributed by atoms with E-state index in [0.29, 0.717) is 9.80 Å². The van der Waals surface area contributed by atoms with E-state index < -0.39 is 11.9 Å². The molecule has 1 amide bonds. The summed E-state index contributed by atoms with van der Waals surface area (Å²) in [5.41, 5.74) is -0.129. The molecule has 2 N–H and O–H groups in total. The molecule has 8 heteroatoms. The van der Waals surface area contributed by atoms with Crippen molar-refractivity contribution in [3.05, 3.63) is 34.0 Å². The Morgan fingerprint density at radius 1 is 1.56 bits per heavy atom. The highest BCUT2D eigenvalue weighted by Gasteiger charge is 2.08. The lowest BCUT2D eigenvalue weighted by Gasteiger charge is -2.05. The second-order valence-corrected chi connectivity index (χ2v) is 4.74. The largest absolute Gasteiger partial charge is 0.465 e. The lowest BCUT2D eigenvalue weighted by molar-refractivity contribution is 0.209. The second kappa shape index (κ2) is 5.32. The van der Waals surface area contributed by atoms with Gasteiger partial charge in [-0.25, -0.2) is 9.18 Å². The topological polar surface area (TPSA) is 71.5 Å². The smallest absolute Gasteiger partial charge is 0.409 e. The molecule has 0 radical (unpaired) electrons. The molecule has 1 aromatic heterocycles. The number of nitrogens with one attached hydrogen (secondary N) is 1. The quantitative estimate of drug-likeness (QED) is 0.893. The minimum atomic E-state index is -1.33. The summed E-state index contributed by atoms with van der Waals surface area (Å²) in [5, 5.41) is 12.5. The van der Waals surface area contributed by atoms with Crippen LogP contribution in [-0.4, -0.2) is 16.2 Å². The Balaban J connectivity index is 2.16. The standard InChI is InChI=1S/C10H6BrFN2O3S/c11-8-4-18-10(14-8)17-5-1-2-7(6(12)3-5)13-9(15)16/h1-4,13H,(H,15,16). The maximum Gasteiger partial charge on any atom is 0.409 e. The molecule has 94 valence electrons. The number of aromatic nitrogens is 1. The van der Waals surface area contributed by atoms with Gasteiger partial charge in [0.25, 0.3) is 5.19 Å². The van der Waals surface area contributed by atoms with Crippen molar-refractivity contribution in [2.45, 2.75) is 0 Å². The van der Waals surface area contributed by atoms with Crippen LogP contribution in [0.15, 0.2) is 28.2 Å². The second-order valence-electron chi connectivity index (χ2n) is 3.11. The fourth-order valence-electron chi connectivity index (χ4n) is 1.16. The van der Waals surface area contributed by atoms with Crippen LogP contribution in [0.2, 0.25) is 0 Å². The molecule has 2 rings (SSSR count). The minimum Gasteiger partial charge on any atom is -0.465 e. The predicted molar refractivity (Wildman–Crippen MR) is 67.9 cm³/mol. The van der Waals surface area contributed by atoms with Gasteiger partial charge in [0.05, 0.1) is 5.69 Å². The third-order valence-corrected chi connectivity index (χ3v) is 3.27. The monoisotopic (exact) mass is 332 g/mol. The van der Waals surface area contributed by atoms with E-state index >= 15 is 0 Å². The number of amides is 1. The van der Waals surface area contributed by atoms with E-state index in [2.05, 4.69) is 20.9 Å². The Bertz CT molecular complexity index is 590. The molecule has 0 atom stereocenters. The third kappa shape index (κ3) is 3.17. The Labute approximate surface area is 113 Å². The van der Waals surface area contributed by atoms with Gasteiger partial charge in [-0.3, -0.25) is 5.32 Å². The van der Waals surface area contributed by atoms with Crippen LogP contribution in [0.25, 0.3) is 0 Å². The van der Waals surface area contributed by atoms with E-state index in [-0.39, 0.29) is 11.4 Å². The Morgan fingerprint density at radius 2 is 2.33 bits per heavy atom. The molecule has 0 aliphatic heterocycles. The summed E-state index contributed by atoms with van der Waals surface area (Å²) >= 11 is 4.42. The van der Waals surface area contributed by atoms with Gasteiger partial charge in [-0.15, -0.1) is 0 Å². The molecule has 0 saturated heterocycles. The maximum atomic E-state index is 13.5. The van der Waals surface area contributed by atoms with Crippen LogP contribution < -0.4 is 10.1 Å². The first-order valence-electron chi connectivity index (χ1n) is 4.63. The number of thiazole rings is 1. The minimum absolute atomic E-state index is 0.129. The summed E-state index contributed by atoms with van der Waals surface area (Å²) < 4.78 is 19.4. The van der Waals surface area contributed by atoms with Gasteiger partial charge in [0.15, 0.2) is 5.82 Å². The molecular weight excluding hydrogens is 327 g/mol. The van der Waals surface area contributed by atoms with E-state index in [1.54, 1.807) is 5.38 Å². The number of carbonyl (C=O) groups is 1. The molecule has 1 heterocycles. The number of benzene rings is 1. The zero-order valence-electron chi connectivity index (χ0n) is 8.68. The molecule has 0 fully saturated rings. The third-order valence-electron chi connectivity index (χ3n) is 1.84. The Kier molecular flexibility index (Phi) is 3.78. The van der Waals surface area contributed by atoms with Gasteiger partial charge in [-0.05, 0) is 28.1 Å². The average Bonchev–Trinajstić information content (AvgIpc) is 2.68. The maximum absolute atomic E-state index is 13.5. The molecule has 2 aromatic rings. The van der Waals surface area contributed by atoms with Crippen molar-refractivity contribution in [1.29, 1.82) is 0 Å². The van der Waals surface area contributed by atoms with Crippen molar-refractivity contribution in [2.75, 3.05) is 5.32 Å². The van der Waals surface area contributed by atoms with Gasteiger partial charge < -0.3 is 9.84 Å². The zero-order valence-corrected chi connectivity index (χ0v) is 11.1. The summed E-state index contributed by atoms with van der Waals surface area (Å²) in [4.78, 5) is 14.4. The molecule has 18 heavy (non-hydrogen) atoms. The summed E-state index contributed by atoms with van der Waals surface area (Å²) in [6, 6.07) is 3.81. The van der Waals surface area contributed by atoms with Crippen LogP contribution >= 0.6 is 27.3 Å². The number of anilines is 1. The number of halogens is 2. The number of rotatable bonds is 3. The van der Waals surface area contributed by atoms with Crippen molar-refractivity contribution >= 4 is 39.0 Å². The van der Waals surface area contributed by atoms with Crippen molar-refractivity contribution in [2.24, 2.45) is 0 Å². The highest BCUT2D eigenvalue weighted by Crippen LogP contribution is 2.29. The van der Waals surface area contributed by atoms with Crippen molar-refractivity contribution < 1.29 is 19.0 Å². The van der Waals surface area contributed by atoms with Crippen molar-refractivity contribution in [3.63, 3.8) is 0 Å². The van der Waals surface area contributed by atoms with E-state index in [0.717, 1.165) is 6.07 Å². The molecule has 5 nitrogen and oxygen atoms in total. The first-order chi connectivity index (χ1) is 8.54. The summed E-state index contributed by atoms with van der Waals surface area (Å²) in [6.07, 6.45) is -1.33. The van der Waals surface area contributed by atoms with Gasteiger partial charge >= 0.3 is 6.09 Å². The molecular formula is C10H6BrFN2O3S. The molecule has 0 aliphatic rings. The summed E-state index contributed by atoms with van der Waals surface area (Å²) in [7, 11) is 0. The van der Waals surface area contributed by atoms with Crippen molar-refractivity contribution in [3.8, 4) is 10.9 Å². The van der Waals surface area contributed by atoms with E-state index in [4.69, 9.17) is 9.84 Å². The fraction of sp³-hybridized carbons (Fsp3) is 0. The van der Waals surface area contributed by atoms with E-state index in [1.807, 2.05) is 5.32 Å². The first-order valence-corrected chi connectivity index (χ1v) is 6.30. The molecule has 0 spiro atoms. The lowest BCUT2D eigenvalue weighted by Crippen LogP contribution is -2.08. The summed E-state index contributed by atoms with van der Waals surface area (Å²) in [6.45, 7) is 0. The zero-order chi connectivity index (χ0) is 13.1. The molecule has 1 aromatic carbocycles. The number of hydrogen-bond acceptors (Lipinski definition) is 4. The molecule has 0 bridgehead atoms. The van der Waals surface area contributed by atoms with Crippen LogP contribution in [0.3, 0.4) is 0 Å². The van der Waals surface area contributed by atoms with Gasteiger partial charge in [0.1, 0.15) is 10.4 Å².